The number of aliphatic hydroxyl groups is 1. The number of nitrogens with zero attached hydrogens (tertiary/aromatic N) is 1. The van der Waals surface area contributed by atoms with Crippen LogP contribution in [0.25, 0.3) is 0 Å². The summed E-state index contributed by atoms with van der Waals surface area (Å²) in [5.74, 6) is 0. The molecule has 2 fully saturated rings. The van der Waals surface area contributed by atoms with Crippen molar-refractivity contribution in [1.82, 2.24) is 4.90 Å². The van der Waals surface area contributed by atoms with Crippen molar-refractivity contribution in [2.45, 2.75) is 44.8 Å². The summed E-state index contributed by atoms with van der Waals surface area (Å²) < 4.78 is 5.83. The Morgan fingerprint density at radius 2 is 2.05 bits per heavy atom. The molecular formula is C18H26ClNO2. The Kier molecular flexibility index (Phi) is 5.08. The minimum Gasteiger partial charge on any atom is -0.392 e. The van der Waals surface area contributed by atoms with E-state index in [9.17, 15) is 5.11 Å². The lowest BCUT2D eigenvalue weighted by Crippen LogP contribution is -2.62. The molecule has 122 valence electrons. The molecule has 1 aliphatic heterocycles. The van der Waals surface area contributed by atoms with Crippen molar-refractivity contribution in [3.05, 3.63) is 34.9 Å². The van der Waals surface area contributed by atoms with Crippen molar-refractivity contribution < 1.29 is 9.84 Å². The molecule has 3 rings (SSSR count). The molecule has 0 amide bonds. The third-order valence-corrected chi connectivity index (χ3v) is 5.92. The Labute approximate surface area is 138 Å². The molecule has 3 nitrogen and oxygen atoms in total. The van der Waals surface area contributed by atoms with Gasteiger partial charge in [-0.1, -0.05) is 29.8 Å². The molecule has 1 aliphatic carbocycles. The average Bonchev–Trinajstić information content (AvgIpc) is 2.54. The highest BCUT2D eigenvalue weighted by molar-refractivity contribution is 6.31. The summed E-state index contributed by atoms with van der Waals surface area (Å²) in [6.45, 7) is 5.91. The zero-order valence-corrected chi connectivity index (χ0v) is 14.1. The van der Waals surface area contributed by atoms with Gasteiger partial charge in [0.05, 0.1) is 12.2 Å². The molecule has 1 spiro atoms. The molecule has 1 aromatic carbocycles. The molecule has 0 radical (unpaired) electrons. The Balaban J connectivity index is 1.51. The predicted molar refractivity (Wildman–Crippen MR) is 89.3 cm³/mol. The highest BCUT2D eigenvalue weighted by Crippen LogP contribution is 2.50. The summed E-state index contributed by atoms with van der Waals surface area (Å²) in [6, 6.07) is 8.08. The van der Waals surface area contributed by atoms with Gasteiger partial charge in [0, 0.05) is 30.0 Å². The molecule has 1 heterocycles. The van der Waals surface area contributed by atoms with Crippen LogP contribution in [0.5, 0.6) is 0 Å². The zero-order valence-electron chi connectivity index (χ0n) is 13.3. The fraction of sp³-hybridized carbons (Fsp3) is 0.667. The number of halogens is 1. The molecule has 1 saturated carbocycles. The predicted octanol–water partition coefficient (Wildman–Crippen LogP) is 3.13. The maximum atomic E-state index is 10.2. The molecule has 2 unspecified atom stereocenters. The lowest BCUT2D eigenvalue weighted by atomic mass is 9.58. The number of rotatable bonds is 5. The lowest BCUT2D eigenvalue weighted by molar-refractivity contribution is -0.209. The topological polar surface area (TPSA) is 32.7 Å². The van der Waals surface area contributed by atoms with Gasteiger partial charge in [-0.2, -0.15) is 0 Å². The van der Waals surface area contributed by atoms with Crippen molar-refractivity contribution in [2.75, 3.05) is 26.2 Å². The normalized spacial score (nSPS) is 27.8. The van der Waals surface area contributed by atoms with Crippen LogP contribution in [-0.4, -0.2) is 48.5 Å². The Morgan fingerprint density at radius 1 is 1.32 bits per heavy atom. The fourth-order valence-electron chi connectivity index (χ4n) is 3.99. The van der Waals surface area contributed by atoms with Crippen LogP contribution in [-0.2, 0) is 11.2 Å². The van der Waals surface area contributed by atoms with Crippen molar-refractivity contribution in [3.63, 3.8) is 0 Å². The van der Waals surface area contributed by atoms with Gasteiger partial charge >= 0.3 is 0 Å². The maximum Gasteiger partial charge on any atom is 0.0681 e. The van der Waals surface area contributed by atoms with E-state index in [1.807, 2.05) is 25.1 Å². The summed E-state index contributed by atoms with van der Waals surface area (Å²) in [4.78, 5) is 2.49. The number of hydrogen-bond donors (Lipinski definition) is 1. The highest BCUT2D eigenvalue weighted by atomic mass is 35.5. The van der Waals surface area contributed by atoms with Gasteiger partial charge in [-0.05, 0) is 50.9 Å². The first-order chi connectivity index (χ1) is 10.7. The Morgan fingerprint density at radius 3 is 2.68 bits per heavy atom. The van der Waals surface area contributed by atoms with Gasteiger partial charge < -0.3 is 14.7 Å². The molecule has 2 aliphatic rings. The second-order valence-electron chi connectivity index (χ2n) is 6.61. The number of piperidine rings is 1. The summed E-state index contributed by atoms with van der Waals surface area (Å²) in [6.07, 6.45) is 3.98. The van der Waals surface area contributed by atoms with Crippen LogP contribution >= 0.6 is 11.6 Å². The number of ether oxygens (including phenoxy) is 1. The lowest BCUT2D eigenvalue weighted by Gasteiger charge is -2.56. The van der Waals surface area contributed by atoms with E-state index in [1.165, 1.54) is 5.56 Å². The van der Waals surface area contributed by atoms with Crippen molar-refractivity contribution >= 4 is 11.6 Å². The summed E-state index contributed by atoms with van der Waals surface area (Å²) >= 11 is 6.22. The van der Waals surface area contributed by atoms with Gasteiger partial charge in [0.2, 0.25) is 0 Å². The third kappa shape index (κ3) is 3.05. The second kappa shape index (κ2) is 6.88. The van der Waals surface area contributed by atoms with E-state index in [4.69, 9.17) is 16.3 Å². The van der Waals surface area contributed by atoms with E-state index in [-0.39, 0.29) is 17.6 Å². The number of likely N-dealkylation sites (tertiary alicyclic amines) is 1. The average molecular weight is 324 g/mol. The molecule has 1 aromatic rings. The third-order valence-electron chi connectivity index (χ3n) is 5.55. The Hall–Kier alpha value is -0.610. The van der Waals surface area contributed by atoms with Crippen molar-refractivity contribution in [2.24, 2.45) is 5.41 Å². The monoisotopic (exact) mass is 323 g/mol. The van der Waals surface area contributed by atoms with Gasteiger partial charge in [0.1, 0.15) is 0 Å². The largest absolute Gasteiger partial charge is 0.392 e. The molecule has 2 atom stereocenters. The number of benzene rings is 1. The van der Waals surface area contributed by atoms with Gasteiger partial charge in [-0.3, -0.25) is 0 Å². The molecule has 1 N–H and O–H groups in total. The van der Waals surface area contributed by atoms with Crippen molar-refractivity contribution in [3.8, 4) is 0 Å². The van der Waals surface area contributed by atoms with E-state index >= 15 is 0 Å². The number of hydrogen-bond acceptors (Lipinski definition) is 3. The minimum absolute atomic E-state index is 0.0247. The molecular weight excluding hydrogens is 298 g/mol. The van der Waals surface area contributed by atoms with Gasteiger partial charge in [-0.25, -0.2) is 0 Å². The highest BCUT2D eigenvalue weighted by Gasteiger charge is 2.55. The number of aliphatic hydroxyl groups excluding tert-OH is 1. The van der Waals surface area contributed by atoms with Crippen LogP contribution in [0.4, 0.5) is 0 Å². The first-order valence-electron chi connectivity index (χ1n) is 8.41. The van der Waals surface area contributed by atoms with E-state index in [0.717, 1.165) is 56.9 Å². The first-order valence-corrected chi connectivity index (χ1v) is 8.79. The van der Waals surface area contributed by atoms with Crippen LogP contribution < -0.4 is 0 Å². The second-order valence-corrected chi connectivity index (χ2v) is 7.02. The van der Waals surface area contributed by atoms with Crippen LogP contribution in [0.2, 0.25) is 5.02 Å². The SMILES string of the molecule is CCOC1CC(O)C12CCN(CCc1ccccc1Cl)CC2. The van der Waals surface area contributed by atoms with Gasteiger partial charge in [-0.15, -0.1) is 0 Å². The van der Waals surface area contributed by atoms with Gasteiger partial charge in [0.15, 0.2) is 0 Å². The maximum absolute atomic E-state index is 10.2. The van der Waals surface area contributed by atoms with Crippen LogP contribution in [0.15, 0.2) is 24.3 Å². The van der Waals surface area contributed by atoms with Gasteiger partial charge in [0.25, 0.3) is 0 Å². The fourth-order valence-corrected chi connectivity index (χ4v) is 4.22. The molecule has 0 aromatic heterocycles. The first kappa shape index (κ1) is 16.3. The van der Waals surface area contributed by atoms with Crippen LogP contribution in [0.1, 0.15) is 31.7 Å². The molecule has 0 bridgehead atoms. The smallest absolute Gasteiger partial charge is 0.0681 e. The van der Waals surface area contributed by atoms with Crippen molar-refractivity contribution in [1.29, 1.82) is 0 Å². The van der Waals surface area contributed by atoms with E-state index in [2.05, 4.69) is 11.0 Å². The Bertz CT molecular complexity index is 498. The van der Waals surface area contributed by atoms with E-state index in [1.54, 1.807) is 0 Å². The standard InChI is InChI=1S/C18H26ClNO2/c1-2-22-17-13-16(21)18(17)8-11-20(12-9-18)10-7-14-5-3-4-6-15(14)19/h3-6,16-17,21H,2,7-13H2,1H3. The minimum atomic E-state index is -0.172. The van der Waals surface area contributed by atoms with E-state index in [0.29, 0.717) is 0 Å². The zero-order chi connectivity index (χ0) is 15.6. The molecule has 22 heavy (non-hydrogen) atoms. The summed E-state index contributed by atoms with van der Waals surface area (Å²) in [7, 11) is 0. The van der Waals surface area contributed by atoms with Crippen LogP contribution in [0, 0.1) is 5.41 Å². The quantitative estimate of drug-likeness (QED) is 0.903. The molecule has 4 heteroatoms. The van der Waals surface area contributed by atoms with E-state index < -0.39 is 0 Å². The summed E-state index contributed by atoms with van der Waals surface area (Å²) in [5, 5.41) is 11.1. The van der Waals surface area contributed by atoms with Crippen LogP contribution in [0.3, 0.4) is 0 Å². The molecule has 1 saturated heterocycles. The summed E-state index contributed by atoms with van der Waals surface area (Å²) in [5.41, 5.74) is 1.25.